The second-order valence-electron chi connectivity index (χ2n) is 4.94. The Labute approximate surface area is 121 Å². The lowest BCUT2D eigenvalue weighted by molar-refractivity contribution is -0.186. The Kier molecular flexibility index (Phi) is 7.22. The van der Waals surface area contributed by atoms with Gasteiger partial charge in [-0.15, -0.1) is 0 Å². The fourth-order valence-electron chi connectivity index (χ4n) is 1.11. The average Bonchev–Trinajstić information content (AvgIpc) is 2.22. The maximum Gasteiger partial charge on any atom is 0.541 e. The van der Waals surface area contributed by atoms with Gasteiger partial charge in [-0.1, -0.05) is 4.67 Å². The first-order chi connectivity index (χ1) is 9.29. The van der Waals surface area contributed by atoms with Crippen molar-refractivity contribution in [1.82, 2.24) is 0 Å². The van der Waals surface area contributed by atoms with Gasteiger partial charge in [0, 0.05) is 6.42 Å². The molecule has 0 aromatic carbocycles. The van der Waals surface area contributed by atoms with Crippen LogP contribution in [0, 0.1) is 0 Å². The van der Waals surface area contributed by atoms with Gasteiger partial charge in [-0.05, 0) is 27.2 Å². The summed E-state index contributed by atoms with van der Waals surface area (Å²) in [4.78, 5) is 52.6. The van der Waals surface area contributed by atoms with Crippen LogP contribution in [0.25, 0.3) is 0 Å². The van der Waals surface area contributed by atoms with E-state index in [1.54, 1.807) is 0 Å². The first-order valence-corrected chi connectivity index (χ1v) is 8.94. The largest absolute Gasteiger partial charge is 0.541 e. The minimum atomic E-state index is -5.08. The Bertz CT molecular complexity index is 462. The maximum absolute atomic E-state index is 11.7. The maximum atomic E-state index is 11.7. The lowest BCUT2D eigenvalue weighted by Crippen LogP contribution is -2.24. The highest BCUT2D eigenvalue weighted by molar-refractivity contribution is 7.71. The topological polar surface area (TPSA) is 157 Å². The van der Waals surface area contributed by atoms with Crippen molar-refractivity contribution >= 4 is 27.6 Å². The van der Waals surface area contributed by atoms with Gasteiger partial charge >= 0.3 is 21.3 Å². The van der Waals surface area contributed by atoms with E-state index in [2.05, 4.69) is 14.3 Å². The molecular weight excluding hydrogens is 330 g/mol. The number of carbonyl (C=O) groups excluding carboxylic acids is 2. The van der Waals surface area contributed by atoms with Crippen LogP contribution in [0.4, 0.5) is 4.79 Å². The summed E-state index contributed by atoms with van der Waals surface area (Å²) in [7, 11) is -10.1. The van der Waals surface area contributed by atoms with E-state index >= 15 is 0 Å². The van der Waals surface area contributed by atoms with Crippen LogP contribution in [0.5, 0.6) is 0 Å². The van der Waals surface area contributed by atoms with Gasteiger partial charge in [0.15, 0.2) is 11.7 Å². The molecule has 0 saturated carbocycles. The first-order valence-electron chi connectivity index (χ1n) is 5.61. The standard InChI is InChI=1S/C9H17O10P2/c1-9(2,3)17-8(11)18-19-21(15,16)7(5-4-6-10)20(12,13)14/h7H,4-5H2,1-3H3,(H,15,16)(H2,12,13,14). The first kappa shape index (κ1) is 20.2. The predicted octanol–water partition coefficient (Wildman–Crippen LogP) is 1.45. The molecule has 3 N–H and O–H groups in total. The molecule has 0 rings (SSSR count). The minimum absolute atomic E-state index is 0.504. The minimum Gasteiger partial charge on any atom is -0.427 e. The van der Waals surface area contributed by atoms with Crippen LogP contribution in [0.3, 0.4) is 0 Å². The zero-order chi connectivity index (χ0) is 16.9. The highest BCUT2D eigenvalue weighted by Crippen LogP contribution is 2.64. The zero-order valence-electron chi connectivity index (χ0n) is 11.6. The zero-order valence-corrected chi connectivity index (χ0v) is 13.4. The quantitative estimate of drug-likeness (QED) is 0.266. The van der Waals surface area contributed by atoms with E-state index in [4.69, 9.17) is 9.79 Å². The number of hydrogen-bond donors (Lipinski definition) is 3. The summed E-state index contributed by atoms with van der Waals surface area (Å²) in [5.41, 5.74) is -0.963. The van der Waals surface area contributed by atoms with E-state index < -0.39 is 45.2 Å². The third kappa shape index (κ3) is 8.31. The normalized spacial score (nSPS) is 16.7. The van der Waals surface area contributed by atoms with E-state index in [9.17, 15) is 23.6 Å². The van der Waals surface area contributed by atoms with Gasteiger partial charge in [0.1, 0.15) is 5.60 Å². The molecule has 0 aliphatic heterocycles. The summed E-state index contributed by atoms with van der Waals surface area (Å²) in [6, 6.07) is 0. The molecule has 123 valence electrons. The third-order valence-electron chi connectivity index (χ3n) is 1.87. The van der Waals surface area contributed by atoms with Crippen molar-refractivity contribution in [3.05, 3.63) is 0 Å². The molecule has 0 spiro atoms. The highest BCUT2D eigenvalue weighted by Gasteiger charge is 2.47. The SMILES string of the molecule is CC(C)(C)OC(=O)OOP(=O)(O)C(CC[C]=O)P(=O)(O)O. The van der Waals surface area contributed by atoms with Crippen molar-refractivity contribution in [2.24, 2.45) is 0 Å². The molecule has 0 saturated heterocycles. The fourth-order valence-corrected chi connectivity index (χ4v) is 3.93. The van der Waals surface area contributed by atoms with Crippen molar-refractivity contribution in [2.75, 3.05) is 0 Å². The molecule has 0 fully saturated rings. The average molecular weight is 347 g/mol. The van der Waals surface area contributed by atoms with Gasteiger partial charge in [0.2, 0.25) is 0 Å². The molecule has 12 heteroatoms. The Morgan fingerprint density at radius 1 is 1.24 bits per heavy atom. The van der Waals surface area contributed by atoms with Crippen LogP contribution in [-0.2, 0) is 28.2 Å². The van der Waals surface area contributed by atoms with Gasteiger partial charge in [-0.25, -0.2) is 4.79 Å². The van der Waals surface area contributed by atoms with E-state index in [0.29, 0.717) is 0 Å². The molecule has 10 nitrogen and oxygen atoms in total. The van der Waals surface area contributed by atoms with Crippen molar-refractivity contribution in [2.45, 2.75) is 44.6 Å². The van der Waals surface area contributed by atoms with Crippen LogP contribution in [0.15, 0.2) is 0 Å². The highest BCUT2D eigenvalue weighted by atomic mass is 31.2. The molecule has 0 aliphatic carbocycles. The Morgan fingerprint density at radius 2 is 1.76 bits per heavy atom. The van der Waals surface area contributed by atoms with Gasteiger partial charge in [0.05, 0.1) is 0 Å². The Morgan fingerprint density at radius 3 is 2.14 bits per heavy atom. The molecule has 0 aromatic heterocycles. The number of rotatable bonds is 7. The van der Waals surface area contributed by atoms with Crippen LogP contribution >= 0.6 is 15.2 Å². The van der Waals surface area contributed by atoms with Crippen molar-refractivity contribution < 1.29 is 47.7 Å². The Hall–Kier alpha value is -0.760. The van der Waals surface area contributed by atoms with Crippen LogP contribution in [0.2, 0.25) is 0 Å². The molecule has 1 radical (unpaired) electrons. The lowest BCUT2D eigenvalue weighted by Gasteiger charge is -2.22. The van der Waals surface area contributed by atoms with Gasteiger partial charge in [-0.3, -0.25) is 18.8 Å². The molecule has 0 aliphatic rings. The summed E-state index contributed by atoms with van der Waals surface area (Å²) in [5.74, 6) is 0. The molecule has 0 aromatic rings. The number of hydrogen-bond acceptors (Lipinski definition) is 7. The summed E-state index contributed by atoms with van der Waals surface area (Å²) in [6.45, 7) is 4.47. The van der Waals surface area contributed by atoms with Crippen LogP contribution < -0.4 is 0 Å². The fraction of sp³-hybridized carbons (Fsp3) is 0.778. The number of carbonyl (C=O) groups is 1. The molecule has 0 amide bonds. The smallest absolute Gasteiger partial charge is 0.427 e. The second kappa shape index (κ2) is 7.49. The molecular formula is C9H17O10P2. The molecule has 2 atom stereocenters. The third-order valence-corrected chi connectivity index (χ3v) is 5.98. The van der Waals surface area contributed by atoms with Crippen molar-refractivity contribution in [3.8, 4) is 0 Å². The summed E-state index contributed by atoms with van der Waals surface area (Å²) in [5, 5.41) is -2.21. The Balaban J connectivity index is 4.84. The van der Waals surface area contributed by atoms with Gasteiger partial charge in [-0.2, -0.15) is 0 Å². The van der Waals surface area contributed by atoms with E-state index in [1.165, 1.54) is 27.1 Å². The molecule has 2 unspecified atom stereocenters. The van der Waals surface area contributed by atoms with Crippen LogP contribution in [-0.4, -0.2) is 38.1 Å². The summed E-state index contributed by atoms with van der Waals surface area (Å²) >= 11 is 0. The lowest BCUT2D eigenvalue weighted by atomic mass is 10.2. The predicted molar refractivity (Wildman–Crippen MR) is 69.0 cm³/mol. The molecule has 21 heavy (non-hydrogen) atoms. The van der Waals surface area contributed by atoms with Gasteiger partial charge in [0.25, 0.3) is 0 Å². The van der Waals surface area contributed by atoms with E-state index in [-0.39, 0.29) is 0 Å². The van der Waals surface area contributed by atoms with E-state index in [1.807, 2.05) is 0 Å². The monoisotopic (exact) mass is 347 g/mol. The number of ether oxygens (including phenoxy) is 1. The molecule has 0 heterocycles. The van der Waals surface area contributed by atoms with E-state index in [0.717, 1.165) is 0 Å². The molecule has 0 bridgehead atoms. The second-order valence-corrected chi connectivity index (χ2v) is 9.05. The van der Waals surface area contributed by atoms with Crippen molar-refractivity contribution in [1.29, 1.82) is 0 Å². The van der Waals surface area contributed by atoms with Crippen molar-refractivity contribution in [3.63, 3.8) is 0 Å². The van der Waals surface area contributed by atoms with Crippen LogP contribution in [0.1, 0.15) is 33.6 Å². The van der Waals surface area contributed by atoms with Gasteiger partial charge < -0.3 is 19.4 Å². The summed E-state index contributed by atoms with van der Waals surface area (Å²) in [6.07, 6.45) is -1.30. The summed E-state index contributed by atoms with van der Waals surface area (Å²) < 4.78 is 31.4.